The molecule has 9 heteroatoms. The van der Waals surface area contributed by atoms with Gasteiger partial charge in [0.2, 0.25) is 12.7 Å². The fraction of sp³-hybridized carbons (Fsp3) is 0.0455. The van der Waals surface area contributed by atoms with Crippen molar-refractivity contribution in [2.24, 2.45) is 0 Å². The minimum Gasteiger partial charge on any atom is -0.454 e. The van der Waals surface area contributed by atoms with Crippen LogP contribution < -0.4 is 19.5 Å². The Morgan fingerprint density at radius 1 is 1.06 bits per heavy atom. The number of anilines is 1. The van der Waals surface area contributed by atoms with Crippen molar-refractivity contribution in [1.29, 1.82) is 0 Å². The van der Waals surface area contributed by atoms with E-state index in [4.69, 9.17) is 25.8 Å². The van der Waals surface area contributed by atoms with Crippen molar-refractivity contribution in [2.75, 3.05) is 12.1 Å². The molecule has 4 rings (SSSR count). The van der Waals surface area contributed by atoms with E-state index < -0.39 is 10.8 Å². The average molecular weight is 439 g/mol. The molecular formula is C22H15ClN2O6. The molecule has 0 spiro atoms. The molecule has 0 radical (unpaired) electrons. The van der Waals surface area contributed by atoms with E-state index in [9.17, 15) is 14.9 Å². The molecule has 0 aliphatic carbocycles. The minimum atomic E-state index is -0.549. The van der Waals surface area contributed by atoms with Gasteiger partial charge in [0.15, 0.2) is 17.2 Å². The molecule has 0 atom stereocenters. The predicted molar refractivity (Wildman–Crippen MR) is 115 cm³/mol. The summed E-state index contributed by atoms with van der Waals surface area (Å²) in [4.78, 5) is 23.3. The molecule has 0 aromatic heterocycles. The Bertz CT molecular complexity index is 1190. The van der Waals surface area contributed by atoms with E-state index in [1.807, 2.05) is 0 Å². The van der Waals surface area contributed by atoms with Gasteiger partial charge in [0.05, 0.1) is 27.3 Å². The topological polar surface area (TPSA) is 99.9 Å². The summed E-state index contributed by atoms with van der Waals surface area (Å²) < 4.78 is 16.2. The smallest absolute Gasteiger partial charge is 0.280 e. The maximum atomic E-state index is 12.5. The molecule has 1 amide bonds. The number of ether oxygens (including phenoxy) is 3. The zero-order valence-electron chi connectivity index (χ0n) is 15.9. The van der Waals surface area contributed by atoms with Gasteiger partial charge in [-0.15, -0.1) is 0 Å². The molecule has 1 N–H and O–H groups in total. The summed E-state index contributed by atoms with van der Waals surface area (Å²) in [6.07, 6.45) is 2.53. The van der Waals surface area contributed by atoms with Crippen LogP contribution in [0.3, 0.4) is 0 Å². The number of nitrogens with zero attached hydrogens (tertiary/aromatic N) is 1. The highest BCUT2D eigenvalue weighted by atomic mass is 35.5. The van der Waals surface area contributed by atoms with E-state index in [2.05, 4.69) is 5.32 Å². The molecule has 156 valence electrons. The maximum absolute atomic E-state index is 12.5. The van der Waals surface area contributed by atoms with Crippen LogP contribution in [0, 0.1) is 10.1 Å². The van der Waals surface area contributed by atoms with Crippen LogP contribution >= 0.6 is 11.6 Å². The summed E-state index contributed by atoms with van der Waals surface area (Å²) in [5.41, 5.74) is 0.429. The van der Waals surface area contributed by atoms with Crippen LogP contribution in [0.25, 0.3) is 6.08 Å². The van der Waals surface area contributed by atoms with Gasteiger partial charge < -0.3 is 19.5 Å². The van der Waals surface area contributed by atoms with Gasteiger partial charge in [-0.25, -0.2) is 0 Å². The lowest BCUT2D eigenvalue weighted by Gasteiger charge is -2.12. The Morgan fingerprint density at radius 2 is 1.74 bits per heavy atom. The van der Waals surface area contributed by atoms with Gasteiger partial charge in [0.1, 0.15) is 5.75 Å². The predicted octanol–water partition coefficient (Wildman–Crippen LogP) is 5.42. The monoisotopic (exact) mass is 438 g/mol. The molecule has 0 bridgehead atoms. The summed E-state index contributed by atoms with van der Waals surface area (Å²) in [5, 5.41) is 14.5. The zero-order valence-corrected chi connectivity index (χ0v) is 16.7. The summed E-state index contributed by atoms with van der Waals surface area (Å²) in [5.74, 6) is 1.01. The summed E-state index contributed by atoms with van der Waals surface area (Å²) in [6.45, 7) is -0.0116. The average Bonchev–Trinajstić information content (AvgIpc) is 3.22. The summed E-state index contributed by atoms with van der Waals surface area (Å²) in [6, 6.07) is 16.5. The largest absolute Gasteiger partial charge is 0.454 e. The molecule has 0 saturated heterocycles. The van der Waals surface area contributed by atoms with Crippen LogP contribution in [0.2, 0.25) is 5.02 Å². The molecule has 8 nitrogen and oxygen atoms in total. The quantitative estimate of drug-likeness (QED) is 0.313. The second-order valence-corrected chi connectivity index (χ2v) is 6.78. The zero-order chi connectivity index (χ0) is 21.8. The number of rotatable bonds is 6. The van der Waals surface area contributed by atoms with Gasteiger partial charge in [0.25, 0.3) is 5.69 Å². The van der Waals surface area contributed by atoms with Gasteiger partial charge in [-0.05, 0) is 36.4 Å². The fourth-order valence-corrected chi connectivity index (χ4v) is 3.06. The van der Waals surface area contributed by atoms with Gasteiger partial charge in [-0.1, -0.05) is 35.9 Å². The number of amides is 1. The highest BCUT2D eigenvalue weighted by molar-refractivity contribution is 6.32. The van der Waals surface area contributed by atoms with Crippen molar-refractivity contribution in [3.8, 4) is 23.0 Å². The molecular weight excluding hydrogens is 424 g/mol. The standard InChI is InChI=1S/C22H15ClN2O6/c23-15-5-1-3-7-18(15)31-19-8-4-2-6-16(19)24-22(26)10-9-14-11-20-21(30-13-29-20)12-17(14)25(27)28/h1-12H,13H2,(H,24,26)/b10-9+. The Morgan fingerprint density at radius 3 is 2.48 bits per heavy atom. The number of fused-ring (bicyclic) bond motifs is 1. The van der Waals surface area contributed by atoms with Crippen molar-refractivity contribution < 1.29 is 23.9 Å². The highest BCUT2D eigenvalue weighted by Gasteiger charge is 2.22. The molecule has 3 aromatic rings. The van der Waals surface area contributed by atoms with Crippen LogP contribution in [0.1, 0.15) is 5.56 Å². The molecule has 3 aromatic carbocycles. The van der Waals surface area contributed by atoms with E-state index in [0.717, 1.165) is 0 Å². The Labute approximate surface area is 181 Å². The first-order chi connectivity index (χ1) is 15.0. The van der Waals surface area contributed by atoms with Crippen molar-refractivity contribution in [3.05, 3.63) is 87.4 Å². The number of para-hydroxylation sites is 3. The number of hydrogen-bond acceptors (Lipinski definition) is 6. The molecule has 0 unspecified atom stereocenters. The van der Waals surface area contributed by atoms with Crippen molar-refractivity contribution in [2.45, 2.75) is 0 Å². The number of carbonyl (C=O) groups is 1. The number of nitrogens with one attached hydrogen (secondary N) is 1. The van der Waals surface area contributed by atoms with Gasteiger partial charge >= 0.3 is 0 Å². The molecule has 31 heavy (non-hydrogen) atoms. The molecule has 0 saturated carbocycles. The number of nitro groups is 1. The van der Waals surface area contributed by atoms with E-state index in [1.54, 1.807) is 48.5 Å². The van der Waals surface area contributed by atoms with Crippen LogP contribution in [-0.2, 0) is 4.79 Å². The lowest BCUT2D eigenvalue weighted by Crippen LogP contribution is -2.08. The van der Waals surface area contributed by atoms with Gasteiger partial charge in [0, 0.05) is 6.08 Å². The third-order valence-electron chi connectivity index (χ3n) is 4.33. The summed E-state index contributed by atoms with van der Waals surface area (Å²) >= 11 is 6.13. The van der Waals surface area contributed by atoms with Crippen LogP contribution in [0.15, 0.2) is 66.7 Å². The second kappa shape index (κ2) is 8.76. The van der Waals surface area contributed by atoms with E-state index in [1.165, 1.54) is 24.3 Å². The lowest BCUT2D eigenvalue weighted by atomic mass is 10.1. The number of benzene rings is 3. The van der Waals surface area contributed by atoms with Crippen LogP contribution in [0.4, 0.5) is 11.4 Å². The number of hydrogen-bond donors (Lipinski definition) is 1. The SMILES string of the molecule is O=C(/C=C/c1cc2c(cc1[N+](=O)[O-])OCO2)Nc1ccccc1Oc1ccccc1Cl. The van der Waals surface area contributed by atoms with Crippen LogP contribution in [0.5, 0.6) is 23.0 Å². The summed E-state index contributed by atoms with van der Waals surface area (Å²) in [7, 11) is 0. The molecule has 0 fully saturated rings. The van der Waals surface area contributed by atoms with Gasteiger partial charge in [-0.2, -0.15) is 0 Å². The third kappa shape index (κ3) is 4.59. The number of carbonyl (C=O) groups excluding carboxylic acids is 1. The third-order valence-corrected chi connectivity index (χ3v) is 4.65. The van der Waals surface area contributed by atoms with E-state index in [0.29, 0.717) is 33.7 Å². The van der Waals surface area contributed by atoms with Crippen molar-refractivity contribution in [3.63, 3.8) is 0 Å². The second-order valence-electron chi connectivity index (χ2n) is 6.37. The Hall–Kier alpha value is -4.04. The minimum absolute atomic E-state index is 0.0116. The van der Waals surface area contributed by atoms with E-state index in [-0.39, 0.29) is 18.0 Å². The van der Waals surface area contributed by atoms with Crippen LogP contribution in [-0.4, -0.2) is 17.6 Å². The van der Waals surface area contributed by atoms with E-state index >= 15 is 0 Å². The Kier molecular flexibility index (Phi) is 5.72. The maximum Gasteiger partial charge on any atom is 0.280 e. The molecule has 1 aliphatic heterocycles. The molecule has 1 heterocycles. The first-order valence-corrected chi connectivity index (χ1v) is 9.47. The normalized spacial score (nSPS) is 12.0. The molecule has 1 aliphatic rings. The number of nitro benzene ring substituents is 1. The van der Waals surface area contributed by atoms with Gasteiger partial charge in [-0.3, -0.25) is 14.9 Å². The Balaban J connectivity index is 1.53. The number of halogens is 1. The van der Waals surface area contributed by atoms with Crippen molar-refractivity contribution >= 4 is 35.0 Å². The first-order valence-electron chi connectivity index (χ1n) is 9.10. The highest BCUT2D eigenvalue weighted by Crippen LogP contribution is 2.38. The first kappa shape index (κ1) is 20.2. The fourth-order valence-electron chi connectivity index (χ4n) is 2.88. The van der Waals surface area contributed by atoms with Crippen molar-refractivity contribution in [1.82, 2.24) is 0 Å². The lowest BCUT2D eigenvalue weighted by molar-refractivity contribution is -0.385.